The first kappa shape index (κ1) is 18.8. The maximum atomic E-state index is 12.9. The van der Waals surface area contributed by atoms with Crippen LogP contribution in [-0.4, -0.2) is 46.2 Å². The maximum Gasteiger partial charge on any atom is 0.317 e. The zero-order valence-corrected chi connectivity index (χ0v) is 14.3. The molecule has 0 unspecified atom stereocenters. The quantitative estimate of drug-likeness (QED) is 0.757. The first-order valence-corrected chi connectivity index (χ1v) is 8.32. The summed E-state index contributed by atoms with van der Waals surface area (Å²) in [4.78, 5) is 13.7. The molecule has 6 heteroatoms. The van der Waals surface area contributed by atoms with Gasteiger partial charge in [-0.05, 0) is 17.7 Å². The van der Waals surface area contributed by atoms with Gasteiger partial charge in [0.2, 0.25) is 0 Å². The van der Waals surface area contributed by atoms with E-state index < -0.39 is 0 Å². The fourth-order valence-corrected chi connectivity index (χ4v) is 2.63. The standard InChI is InChI=1S/C16H25FN2O2S/c1-16(2,3)22-11-8-18-15(21)19(9-10-20)12-13-4-6-14(17)7-5-13/h4-7,20H,8-12H2,1-3H3,(H,18,21). The fraction of sp³-hybridized carbons (Fsp3) is 0.562. The molecule has 0 aromatic heterocycles. The second-order valence-corrected chi connectivity index (χ2v) is 7.89. The third kappa shape index (κ3) is 7.66. The van der Waals surface area contributed by atoms with E-state index in [0.29, 0.717) is 13.1 Å². The number of amides is 2. The first-order valence-electron chi connectivity index (χ1n) is 7.34. The average Bonchev–Trinajstić information content (AvgIpc) is 2.44. The number of rotatable bonds is 7. The van der Waals surface area contributed by atoms with Gasteiger partial charge in [0.1, 0.15) is 5.82 Å². The molecule has 0 bridgehead atoms. The van der Waals surface area contributed by atoms with Crippen LogP contribution in [0, 0.1) is 5.82 Å². The summed E-state index contributed by atoms with van der Waals surface area (Å²) in [6.45, 7) is 7.45. The van der Waals surface area contributed by atoms with Crippen molar-refractivity contribution < 1.29 is 14.3 Å². The summed E-state index contributed by atoms with van der Waals surface area (Å²) in [6, 6.07) is 5.80. The molecule has 0 radical (unpaired) electrons. The third-order valence-corrected chi connectivity index (χ3v) is 4.13. The Morgan fingerprint density at radius 2 is 1.95 bits per heavy atom. The summed E-state index contributed by atoms with van der Waals surface area (Å²) in [5.74, 6) is 0.528. The summed E-state index contributed by atoms with van der Waals surface area (Å²) >= 11 is 1.78. The SMILES string of the molecule is CC(C)(C)SCCNC(=O)N(CCO)Cc1ccc(F)cc1. The Morgan fingerprint density at radius 1 is 1.32 bits per heavy atom. The molecule has 1 aromatic carbocycles. The largest absolute Gasteiger partial charge is 0.395 e. The lowest BCUT2D eigenvalue weighted by Gasteiger charge is -2.23. The minimum absolute atomic E-state index is 0.106. The molecule has 1 rings (SSSR count). The van der Waals surface area contributed by atoms with Crippen molar-refractivity contribution in [3.05, 3.63) is 35.6 Å². The van der Waals surface area contributed by atoms with Crippen LogP contribution in [0.1, 0.15) is 26.3 Å². The Kier molecular flexibility index (Phi) is 7.68. The molecule has 0 saturated heterocycles. The number of carbonyl (C=O) groups is 1. The van der Waals surface area contributed by atoms with Gasteiger partial charge in [0.15, 0.2) is 0 Å². The molecular formula is C16H25FN2O2S. The van der Waals surface area contributed by atoms with Gasteiger partial charge in [0.05, 0.1) is 6.61 Å². The normalized spacial score (nSPS) is 11.3. The van der Waals surface area contributed by atoms with Crippen LogP contribution in [0.5, 0.6) is 0 Å². The lowest BCUT2D eigenvalue weighted by Crippen LogP contribution is -2.42. The molecule has 2 N–H and O–H groups in total. The van der Waals surface area contributed by atoms with Crippen molar-refractivity contribution in [2.45, 2.75) is 32.1 Å². The number of nitrogens with zero attached hydrogens (tertiary/aromatic N) is 1. The topological polar surface area (TPSA) is 52.6 Å². The highest BCUT2D eigenvalue weighted by Gasteiger charge is 2.14. The summed E-state index contributed by atoms with van der Waals surface area (Å²) < 4.78 is 13.1. The van der Waals surface area contributed by atoms with Crippen molar-refractivity contribution >= 4 is 17.8 Å². The van der Waals surface area contributed by atoms with Gasteiger partial charge in [-0.3, -0.25) is 0 Å². The van der Waals surface area contributed by atoms with Crippen molar-refractivity contribution in [3.63, 3.8) is 0 Å². The van der Waals surface area contributed by atoms with E-state index in [0.717, 1.165) is 11.3 Å². The van der Waals surface area contributed by atoms with Gasteiger partial charge in [0.25, 0.3) is 0 Å². The van der Waals surface area contributed by atoms with Crippen molar-refractivity contribution in [1.82, 2.24) is 10.2 Å². The molecule has 0 heterocycles. The van der Waals surface area contributed by atoms with E-state index in [1.807, 2.05) is 0 Å². The first-order chi connectivity index (χ1) is 10.3. The zero-order chi connectivity index (χ0) is 16.6. The Morgan fingerprint density at radius 3 is 2.50 bits per heavy atom. The van der Waals surface area contributed by atoms with Crippen LogP contribution < -0.4 is 5.32 Å². The highest BCUT2D eigenvalue weighted by molar-refractivity contribution is 8.00. The number of urea groups is 1. The van der Waals surface area contributed by atoms with Crippen molar-refractivity contribution in [1.29, 1.82) is 0 Å². The van der Waals surface area contributed by atoms with E-state index in [1.165, 1.54) is 17.0 Å². The van der Waals surface area contributed by atoms with Crippen LogP contribution in [0.3, 0.4) is 0 Å². The maximum absolute atomic E-state index is 12.9. The number of halogens is 1. The molecule has 0 aliphatic heterocycles. The van der Waals surface area contributed by atoms with Crippen LogP contribution in [0.15, 0.2) is 24.3 Å². The zero-order valence-electron chi connectivity index (χ0n) is 13.4. The molecule has 22 heavy (non-hydrogen) atoms. The summed E-state index contributed by atoms with van der Waals surface area (Å²) in [6.07, 6.45) is 0. The number of carbonyl (C=O) groups excluding carboxylic acids is 1. The Hall–Kier alpha value is -1.27. The molecule has 2 amide bonds. The van der Waals surface area contributed by atoms with E-state index in [9.17, 15) is 9.18 Å². The molecule has 1 aromatic rings. The Labute approximate surface area is 136 Å². The lowest BCUT2D eigenvalue weighted by atomic mass is 10.2. The molecule has 0 fully saturated rings. The van der Waals surface area contributed by atoms with Crippen LogP contribution in [0.4, 0.5) is 9.18 Å². The van der Waals surface area contributed by atoms with Gasteiger partial charge in [0, 0.05) is 30.1 Å². The highest BCUT2D eigenvalue weighted by Crippen LogP contribution is 2.22. The van der Waals surface area contributed by atoms with Crippen LogP contribution in [0.2, 0.25) is 0 Å². The number of thioether (sulfide) groups is 1. The van der Waals surface area contributed by atoms with Gasteiger partial charge in [-0.15, -0.1) is 0 Å². The molecule has 0 atom stereocenters. The van der Waals surface area contributed by atoms with Gasteiger partial charge in [-0.25, -0.2) is 9.18 Å². The van der Waals surface area contributed by atoms with E-state index >= 15 is 0 Å². The second-order valence-electron chi connectivity index (χ2n) is 5.96. The predicted molar refractivity (Wildman–Crippen MR) is 89.5 cm³/mol. The van der Waals surface area contributed by atoms with Crippen molar-refractivity contribution in [2.24, 2.45) is 0 Å². The lowest BCUT2D eigenvalue weighted by molar-refractivity contribution is 0.174. The number of hydrogen-bond acceptors (Lipinski definition) is 3. The van der Waals surface area contributed by atoms with Gasteiger partial charge in [-0.1, -0.05) is 32.9 Å². The minimum atomic E-state index is -0.305. The molecule has 124 valence electrons. The molecule has 0 spiro atoms. The molecule has 0 aliphatic carbocycles. The average molecular weight is 328 g/mol. The molecular weight excluding hydrogens is 303 g/mol. The number of hydrogen-bond donors (Lipinski definition) is 2. The van der Waals surface area contributed by atoms with E-state index in [4.69, 9.17) is 5.11 Å². The third-order valence-electron chi connectivity index (χ3n) is 2.86. The number of aliphatic hydroxyl groups excluding tert-OH is 1. The van der Waals surface area contributed by atoms with Crippen LogP contribution >= 0.6 is 11.8 Å². The second kappa shape index (κ2) is 9.00. The van der Waals surface area contributed by atoms with E-state index in [1.54, 1.807) is 23.9 Å². The Bertz CT molecular complexity index is 460. The fourth-order valence-electron chi connectivity index (χ4n) is 1.81. The minimum Gasteiger partial charge on any atom is -0.395 e. The van der Waals surface area contributed by atoms with Gasteiger partial charge < -0.3 is 15.3 Å². The van der Waals surface area contributed by atoms with E-state index in [2.05, 4.69) is 26.1 Å². The van der Waals surface area contributed by atoms with Crippen LogP contribution in [0.25, 0.3) is 0 Å². The summed E-state index contributed by atoms with van der Waals surface area (Å²) in [5, 5.41) is 12.0. The molecule has 0 aliphatic rings. The highest BCUT2D eigenvalue weighted by atomic mass is 32.2. The smallest absolute Gasteiger partial charge is 0.317 e. The van der Waals surface area contributed by atoms with E-state index in [-0.39, 0.29) is 29.7 Å². The summed E-state index contributed by atoms with van der Waals surface area (Å²) in [5.41, 5.74) is 0.828. The Balaban J connectivity index is 2.47. The molecule has 4 nitrogen and oxygen atoms in total. The van der Waals surface area contributed by atoms with Gasteiger partial charge in [-0.2, -0.15) is 11.8 Å². The number of aliphatic hydroxyl groups is 1. The molecule has 0 saturated carbocycles. The number of nitrogens with one attached hydrogen (secondary N) is 1. The number of benzene rings is 1. The van der Waals surface area contributed by atoms with Crippen molar-refractivity contribution in [3.8, 4) is 0 Å². The van der Waals surface area contributed by atoms with Gasteiger partial charge >= 0.3 is 6.03 Å². The van der Waals surface area contributed by atoms with Crippen LogP contribution in [-0.2, 0) is 6.54 Å². The predicted octanol–water partition coefficient (Wildman–Crippen LogP) is 2.86. The monoisotopic (exact) mass is 328 g/mol. The van der Waals surface area contributed by atoms with Crippen molar-refractivity contribution in [2.75, 3.05) is 25.4 Å². The summed E-state index contributed by atoms with van der Waals surface area (Å²) in [7, 11) is 0.